The summed E-state index contributed by atoms with van der Waals surface area (Å²) < 4.78 is 38.6. The van der Waals surface area contributed by atoms with E-state index in [4.69, 9.17) is 9.47 Å². The summed E-state index contributed by atoms with van der Waals surface area (Å²) in [5, 5.41) is 11.1. The van der Waals surface area contributed by atoms with Crippen LogP contribution in [0.1, 0.15) is 24.8 Å². The topological polar surface area (TPSA) is 61.6 Å². The first-order chi connectivity index (χ1) is 12.0. The van der Waals surface area contributed by atoms with Crippen LogP contribution in [0.4, 0.5) is 14.5 Å². The van der Waals surface area contributed by atoms with Gasteiger partial charge in [-0.15, -0.1) is 0 Å². The van der Waals surface area contributed by atoms with Gasteiger partial charge in [-0.3, -0.25) is 10.1 Å². The van der Waals surface area contributed by atoms with Gasteiger partial charge in [0.05, 0.1) is 23.7 Å². The molecule has 0 N–H and O–H groups in total. The average molecular weight is 349 g/mol. The van der Waals surface area contributed by atoms with Gasteiger partial charge in [0.1, 0.15) is 11.9 Å². The maximum Gasteiger partial charge on any atom is 0.316 e. The third-order valence-electron chi connectivity index (χ3n) is 4.15. The maximum atomic E-state index is 14.0. The van der Waals surface area contributed by atoms with E-state index in [9.17, 15) is 18.9 Å². The van der Waals surface area contributed by atoms with Crippen molar-refractivity contribution in [2.24, 2.45) is 0 Å². The summed E-state index contributed by atoms with van der Waals surface area (Å²) in [7, 11) is 0. The smallest absolute Gasteiger partial charge is 0.316 e. The third kappa shape index (κ3) is 4.11. The number of nitro benzene ring substituents is 1. The third-order valence-corrected chi connectivity index (χ3v) is 4.15. The minimum atomic E-state index is -1.08. The van der Waals surface area contributed by atoms with Gasteiger partial charge < -0.3 is 9.47 Å². The molecule has 0 radical (unpaired) electrons. The highest BCUT2D eigenvalue weighted by Gasteiger charge is 2.33. The second-order valence-corrected chi connectivity index (χ2v) is 5.92. The van der Waals surface area contributed by atoms with Gasteiger partial charge in [-0.2, -0.15) is 0 Å². The lowest BCUT2D eigenvalue weighted by molar-refractivity contribution is -0.386. The molecule has 1 aliphatic carbocycles. The first-order valence-electron chi connectivity index (χ1n) is 8.00. The predicted molar refractivity (Wildman–Crippen MR) is 86.3 cm³/mol. The van der Waals surface area contributed by atoms with Crippen molar-refractivity contribution in [3.63, 3.8) is 0 Å². The predicted octanol–water partition coefficient (Wildman–Crippen LogP) is 4.39. The molecular formula is C18H17F2NO4. The monoisotopic (exact) mass is 349 g/mol. The molecule has 3 rings (SSSR count). The molecule has 1 saturated carbocycles. The van der Waals surface area contributed by atoms with Crippen molar-refractivity contribution in [3.8, 4) is 5.75 Å². The summed E-state index contributed by atoms with van der Waals surface area (Å²) in [6.45, 7) is 0.374. The highest BCUT2D eigenvalue weighted by molar-refractivity contribution is 5.47. The molecule has 132 valence electrons. The minimum absolute atomic E-state index is 0.302. The number of hydrogen-bond acceptors (Lipinski definition) is 4. The van der Waals surface area contributed by atoms with Crippen molar-refractivity contribution < 1.29 is 23.2 Å². The molecule has 0 aromatic heterocycles. The molecule has 5 nitrogen and oxygen atoms in total. The van der Waals surface area contributed by atoms with Gasteiger partial charge in [0, 0.05) is 6.07 Å². The maximum absolute atomic E-state index is 14.0. The van der Waals surface area contributed by atoms with Crippen LogP contribution in [0.25, 0.3) is 0 Å². The number of nitro groups is 1. The van der Waals surface area contributed by atoms with E-state index in [1.807, 2.05) is 30.3 Å². The van der Waals surface area contributed by atoms with E-state index in [0.717, 1.165) is 12.0 Å². The van der Waals surface area contributed by atoms with Crippen molar-refractivity contribution in [2.45, 2.75) is 38.1 Å². The van der Waals surface area contributed by atoms with Crippen LogP contribution in [0.5, 0.6) is 5.75 Å². The summed E-state index contributed by atoms with van der Waals surface area (Å²) in [4.78, 5) is 10.2. The molecule has 0 bridgehead atoms. The van der Waals surface area contributed by atoms with Gasteiger partial charge in [-0.05, 0) is 24.8 Å². The first kappa shape index (κ1) is 17.3. The van der Waals surface area contributed by atoms with Crippen molar-refractivity contribution >= 4 is 5.69 Å². The number of nitrogens with zero attached hydrogens (tertiary/aromatic N) is 1. The van der Waals surface area contributed by atoms with Crippen LogP contribution in [0.15, 0.2) is 42.5 Å². The van der Waals surface area contributed by atoms with E-state index < -0.39 is 34.1 Å². The molecule has 0 unspecified atom stereocenters. The zero-order valence-electron chi connectivity index (χ0n) is 13.4. The molecule has 2 aromatic carbocycles. The van der Waals surface area contributed by atoms with Gasteiger partial charge in [-0.25, -0.2) is 8.78 Å². The van der Waals surface area contributed by atoms with Crippen LogP contribution in [-0.2, 0) is 11.3 Å². The number of hydrogen-bond donors (Lipinski definition) is 0. The Hall–Kier alpha value is -2.54. The van der Waals surface area contributed by atoms with Crippen LogP contribution in [0.2, 0.25) is 0 Å². The number of benzene rings is 2. The standard InChI is InChI=1S/C18H17F2NO4/c19-13-9-14(20)18(15(10-13)21(22)23)25-17-8-4-7-16(17)24-11-12-5-2-1-3-6-12/h1-3,5-6,9-10,16-17H,4,7-8,11H2/t16-,17+/m0/s1. The Morgan fingerprint density at radius 2 is 1.84 bits per heavy atom. The van der Waals surface area contributed by atoms with Gasteiger partial charge in [0.15, 0.2) is 5.82 Å². The fourth-order valence-corrected chi connectivity index (χ4v) is 2.95. The fraction of sp³-hybridized carbons (Fsp3) is 0.333. The molecule has 2 aromatic rings. The van der Waals surface area contributed by atoms with Gasteiger partial charge in [0.25, 0.3) is 0 Å². The quantitative estimate of drug-likeness (QED) is 0.573. The van der Waals surface area contributed by atoms with Crippen molar-refractivity contribution in [2.75, 3.05) is 0 Å². The van der Waals surface area contributed by atoms with Crippen LogP contribution in [0.3, 0.4) is 0 Å². The largest absolute Gasteiger partial charge is 0.479 e. The molecule has 0 spiro atoms. The van der Waals surface area contributed by atoms with Crippen LogP contribution < -0.4 is 4.74 Å². The summed E-state index contributed by atoms with van der Waals surface area (Å²) in [5.41, 5.74) is 0.276. The Balaban J connectivity index is 1.72. The first-order valence-corrected chi connectivity index (χ1v) is 8.00. The molecule has 2 atom stereocenters. The average Bonchev–Trinajstić information content (AvgIpc) is 3.03. The van der Waals surface area contributed by atoms with E-state index in [0.29, 0.717) is 31.6 Å². The second kappa shape index (κ2) is 7.57. The summed E-state index contributed by atoms with van der Waals surface area (Å²) in [5.74, 6) is -2.63. The Morgan fingerprint density at radius 1 is 1.12 bits per heavy atom. The van der Waals surface area contributed by atoms with Gasteiger partial charge in [-0.1, -0.05) is 30.3 Å². The molecule has 0 saturated heterocycles. The lowest BCUT2D eigenvalue weighted by Gasteiger charge is -2.22. The van der Waals surface area contributed by atoms with Gasteiger partial charge in [0.2, 0.25) is 5.75 Å². The molecular weight excluding hydrogens is 332 g/mol. The van der Waals surface area contributed by atoms with Crippen molar-refractivity contribution in [1.29, 1.82) is 0 Å². The highest BCUT2D eigenvalue weighted by Crippen LogP contribution is 2.35. The Labute approximate surface area is 143 Å². The molecule has 0 amide bonds. The van der Waals surface area contributed by atoms with Crippen LogP contribution >= 0.6 is 0 Å². The van der Waals surface area contributed by atoms with Crippen LogP contribution in [0, 0.1) is 21.7 Å². The highest BCUT2D eigenvalue weighted by atomic mass is 19.1. The lowest BCUT2D eigenvalue weighted by atomic mass is 10.2. The lowest BCUT2D eigenvalue weighted by Crippen LogP contribution is -2.29. The molecule has 25 heavy (non-hydrogen) atoms. The minimum Gasteiger partial charge on any atom is -0.479 e. The fourth-order valence-electron chi connectivity index (χ4n) is 2.95. The second-order valence-electron chi connectivity index (χ2n) is 5.92. The SMILES string of the molecule is O=[N+]([O-])c1cc(F)cc(F)c1O[C@@H]1CCC[C@@H]1OCc1ccccc1. The molecule has 0 aliphatic heterocycles. The van der Waals surface area contributed by atoms with E-state index in [1.165, 1.54) is 0 Å². The molecule has 1 aliphatic rings. The van der Waals surface area contributed by atoms with E-state index in [-0.39, 0.29) is 6.10 Å². The zero-order valence-corrected chi connectivity index (χ0v) is 13.4. The van der Waals surface area contributed by atoms with Gasteiger partial charge >= 0.3 is 5.69 Å². The molecule has 7 heteroatoms. The Morgan fingerprint density at radius 3 is 2.56 bits per heavy atom. The summed E-state index contributed by atoms with van der Waals surface area (Å²) in [6.07, 6.45) is 1.30. The number of halogens is 2. The summed E-state index contributed by atoms with van der Waals surface area (Å²) in [6, 6.07) is 10.8. The van der Waals surface area contributed by atoms with E-state index in [2.05, 4.69) is 0 Å². The zero-order chi connectivity index (χ0) is 17.8. The van der Waals surface area contributed by atoms with Crippen molar-refractivity contribution in [1.82, 2.24) is 0 Å². The Bertz CT molecular complexity index is 754. The van der Waals surface area contributed by atoms with E-state index >= 15 is 0 Å². The Kier molecular flexibility index (Phi) is 5.23. The normalized spacial score (nSPS) is 19.8. The number of rotatable bonds is 6. The van der Waals surface area contributed by atoms with Crippen molar-refractivity contribution in [3.05, 3.63) is 69.8 Å². The molecule has 1 fully saturated rings. The summed E-state index contributed by atoms with van der Waals surface area (Å²) >= 11 is 0. The van der Waals surface area contributed by atoms with Crippen LogP contribution in [-0.4, -0.2) is 17.1 Å². The van der Waals surface area contributed by atoms with E-state index in [1.54, 1.807) is 0 Å². The number of ether oxygens (including phenoxy) is 2. The molecule has 0 heterocycles.